The van der Waals surface area contributed by atoms with Crippen LogP contribution in [0.15, 0.2) is 42.5 Å². The summed E-state index contributed by atoms with van der Waals surface area (Å²) in [4.78, 5) is 11.7. The van der Waals surface area contributed by atoms with Gasteiger partial charge in [-0.25, -0.2) is 0 Å². The Labute approximate surface area is 119 Å². The molecule has 1 saturated heterocycles. The van der Waals surface area contributed by atoms with Gasteiger partial charge in [-0.05, 0) is 36.9 Å². The Morgan fingerprint density at radius 1 is 1.35 bits per heavy atom. The number of aliphatic carboxylic acids is 1. The lowest BCUT2D eigenvalue weighted by Crippen LogP contribution is -2.48. The van der Waals surface area contributed by atoms with Gasteiger partial charge in [0.1, 0.15) is 5.54 Å². The van der Waals surface area contributed by atoms with Gasteiger partial charge in [-0.1, -0.05) is 48.6 Å². The van der Waals surface area contributed by atoms with Gasteiger partial charge in [0.2, 0.25) is 0 Å². The van der Waals surface area contributed by atoms with Crippen molar-refractivity contribution < 1.29 is 9.90 Å². The molecule has 104 valence electrons. The number of allylic oxidation sites excluding steroid dienone is 3. The quantitative estimate of drug-likeness (QED) is 0.887. The first-order valence-electron chi connectivity index (χ1n) is 7.13. The molecule has 2 aliphatic rings. The molecular formula is C17H19NO2. The highest BCUT2D eigenvalue weighted by Gasteiger charge is 2.42. The summed E-state index contributed by atoms with van der Waals surface area (Å²) in [7, 11) is 0. The Hall–Kier alpha value is -1.87. The van der Waals surface area contributed by atoms with Gasteiger partial charge in [0, 0.05) is 5.92 Å². The second kappa shape index (κ2) is 5.25. The van der Waals surface area contributed by atoms with E-state index in [4.69, 9.17) is 0 Å². The molecule has 1 aliphatic heterocycles. The molecule has 2 atom stereocenters. The van der Waals surface area contributed by atoms with Crippen molar-refractivity contribution in [2.45, 2.75) is 30.7 Å². The van der Waals surface area contributed by atoms with E-state index in [1.54, 1.807) is 0 Å². The molecule has 1 heterocycles. The smallest absolute Gasteiger partial charge is 0.323 e. The molecule has 0 spiro atoms. The lowest BCUT2D eigenvalue weighted by molar-refractivity contribution is -0.144. The van der Waals surface area contributed by atoms with Gasteiger partial charge in [0.15, 0.2) is 0 Å². The molecule has 0 bridgehead atoms. The molecule has 20 heavy (non-hydrogen) atoms. The van der Waals surface area contributed by atoms with Crippen LogP contribution in [0.5, 0.6) is 0 Å². The third kappa shape index (κ3) is 2.29. The molecule has 3 rings (SSSR count). The lowest BCUT2D eigenvalue weighted by atomic mass is 9.81. The Morgan fingerprint density at radius 2 is 2.20 bits per heavy atom. The first-order valence-corrected chi connectivity index (χ1v) is 7.13. The van der Waals surface area contributed by atoms with Crippen molar-refractivity contribution in [3.63, 3.8) is 0 Å². The maximum atomic E-state index is 11.7. The zero-order chi connectivity index (χ0) is 14.0. The number of carbonyl (C=O) groups is 1. The van der Waals surface area contributed by atoms with E-state index in [0.717, 1.165) is 13.0 Å². The summed E-state index contributed by atoms with van der Waals surface area (Å²) in [6, 6.07) is 8.23. The number of carboxylic acids is 1. The van der Waals surface area contributed by atoms with Crippen LogP contribution < -0.4 is 5.32 Å². The van der Waals surface area contributed by atoms with Crippen molar-refractivity contribution in [1.82, 2.24) is 5.32 Å². The fourth-order valence-electron chi connectivity index (χ4n) is 3.27. The van der Waals surface area contributed by atoms with E-state index < -0.39 is 11.5 Å². The second-order valence-corrected chi connectivity index (χ2v) is 5.60. The maximum Gasteiger partial charge on any atom is 0.323 e. The summed E-state index contributed by atoms with van der Waals surface area (Å²) in [5.74, 6) is -0.582. The fourth-order valence-corrected chi connectivity index (χ4v) is 3.27. The summed E-state index contributed by atoms with van der Waals surface area (Å²) < 4.78 is 0. The van der Waals surface area contributed by atoms with Gasteiger partial charge in [-0.15, -0.1) is 0 Å². The molecular weight excluding hydrogens is 250 g/mol. The van der Waals surface area contributed by atoms with Crippen LogP contribution in [0, 0.1) is 0 Å². The molecule has 1 aromatic rings. The summed E-state index contributed by atoms with van der Waals surface area (Å²) in [6.07, 6.45) is 10.5. The van der Waals surface area contributed by atoms with E-state index in [2.05, 4.69) is 29.6 Å². The molecule has 3 nitrogen and oxygen atoms in total. The van der Waals surface area contributed by atoms with Crippen LogP contribution in [0.1, 0.15) is 36.3 Å². The van der Waals surface area contributed by atoms with Crippen molar-refractivity contribution in [2.24, 2.45) is 0 Å². The average Bonchev–Trinajstić information content (AvgIpc) is 2.84. The van der Waals surface area contributed by atoms with Gasteiger partial charge in [-0.2, -0.15) is 0 Å². The van der Waals surface area contributed by atoms with Crippen molar-refractivity contribution in [2.75, 3.05) is 6.54 Å². The summed E-state index contributed by atoms with van der Waals surface area (Å²) >= 11 is 0. The largest absolute Gasteiger partial charge is 0.480 e. The number of nitrogens with one attached hydrogen (secondary N) is 1. The number of hydrogen-bond donors (Lipinski definition) is 2. The highest BCUT2D eigenvalue weighted by molar-refractivity contribution is 5.79. The molecule has 0 radical (unpaired) electrons. The first-order chi connectivity index (χ1) is 9.71. The van der Waals surface area contributed by atoms with Crippen LogP contribution in [-0.2, 0) is 4.79 Å². The van der Waals surface area contributed by atoms with Crippen LogP contribution in [0.3, 0.4) is 0 Å². The third-order valence-corrected chi connectivity index (χ3v) is 4.35. The topological polar surface area (TPSA) is 49.3 Å². The molecule has 3 heteroatoms. The number of carboxylic acid groups (broad SMARTS) is 1. The Bertz CT molecular complexity index is 568. The standard InChI is InChI=1S/C17H19NO2/c19-16(20)17(10-5-11-18-17)12-14-8-2-1-6-13-7-3-4-9-15(13)14/h1-4,6-9,14,18H,5,10-12H2,(H,19,20). The third-order valence-electron chi connectivity index (χ3n) is 4.35. The maximum absolute atomic E-state index is 11.7. The lowest BCUT2D eigenvalue weighted by Gasteiger charge is -2.28. The van der Waals surface area contributed by atoms with Crippen molar-refractivity contribution in [3.05, 3.63) is 53.6 Å². The van der Waals surface area contributed by atoms with Crippen LogP contribution in [-0.4, -0.2) is 23.2 Å². The van der Waals surface area contributed by atoms with Gasteiger partial charge >= 0.3 is 5.97 Å². The molecule has 0 aromatic heterocycles. The highest BCUT2D eigenvalue weighted by Crippen LogP contribution is 2.35. The summed E-state index contributed by atoms with van der Waals surface area (Å²) in [5.41, 5.74) is 1.62. The van der Waals surface area contributed by atoms with Gasteiger partial charge < -0.3 is 10.4 Å². The molecule has 0 amide bonds. The second-order valence-electron chi connectivity index (χ2n) is 5.60. The van der Waals surface area contributed by atoms with Crippen molar-refractivity contribution >= 4 is 12.0 Å². The van der Waals surface area contributed by atoms with Gasteiger partial charge in [-0.3, -0.25) is 4.79 Å². The molecule has 1 fully saturated rings. The molecule has 2 N–H and O–H groups in total. The summed E-state index contributed by atoms with van der Waals surface area (Å²) in [6.45, 7) is 0.794. The van der Waals surface area contributed by atoms with Crippen LogP contribution in [0.4, 0.5) is 0 Å². The minimum absolute atomic E-state index is 0.142. The predicted octanol–water partition coefficient (Wildman–Crippen LogP) is 2.95. The van der Waals surface area contributed by atoms with Crippen molar-refractivity contribution in [3.8, 4) is 0 Å². The molecule has 1 aliphatic carbocycles. The number of benzene rings is 1. The van der Waals surface area contributed by atoms with E-state index in [1.807, 2.05) is 24.3 Å². The minimum atomic E-state index is -0.771. The molecule has 2 unspecified atom stereocenters. The van der Waals surface area contributed by atoms with E-state index in [0.29, 0.717) is 12.8 Å². The Kier molecular flexibility index (Phi) is 3.45. The van der Waals surface area contributed by atoms with E-state index in [1.165, 1.54) is 11.1 Å². The number of rotatable bonds is 3. The average molecular weight is 269 g/mol. The number of hydrogen-bond acceptors (Lipinski definition) is 2. The zero-order valence-corrected chi connectivity index (χ0v) is 11.4. The van der Waals surface area contributed by atoms with Gasteiger partial charge in [0.25, 0.3) is 0 Å². The van der Waals surface area contributed by atoms with E-state index in [9.17, 15) is 9.90 Å². The minimum Gasteiger partial charge on any atom is -0.480 e. The van der Waals surface area contributed by atoms with Gasteiger partial charge in [0.05, 0.1) is 0 Å². The Balaban J connectivity index is 1.93. The number of fused-ring (bicyclic) bond motifs is 1. The Morgan fingerprint density at radius 3 is 2.95 bits per heavy atom. The first kappa shape index (κ1) is 13.1. The molecule has 0 saturated carbocycles. The van der Waals surface area contributed by atoms with E-state index in [-0.39, 0.29) is 5.92 Å². The molecule has 1 aromatic carbocycles. The summed E-state index contributed by atoms with van der Waals surface area (Å²) in [5, 5.41) is 12.8. The fraction of sp³-hybridized carbons (Fsp3) is 0.353. The van der Waals surface area contributed by atoms with Crippen molar-refractivity contribution in [1.29, 1.82) is 0 Å². The monoisotopic (exact) mass is 269 g/mol. The normalized spacial score (nSPS) is 28.1. The van der Waals surface area contributed by atoms with Crippen LogP contribution >= 0.6 is 0 Å². The van der Waals surface area contributed by atoms with E-state index >= 15 is 0 Å². The SMILES string of the molecule is O=C(O)C1(CC2C=CC=Cc3ccccc32)CCCN1. The zero-order valence-electron chi connectivity index (χ0n) is 11.4. The van der Waals surface area contributed by atoms with Crippen LogP contribution in [0.2, 0.25) is 0 Å². The highest BCUT2D eigenvalue weighted by atomic mass is 16.4. The predicted molar refractivity (Wildman–Crippen MR) is 79.6 cm³/mol. The van der Waals surface area contributed by atoms with Crippen LogP contribution in [0.25, 0.3) is 6.08 Å².